The molecule has 1 atom stereocenters. The SMILES string of the molecule is Cc1oc(C(=O)N2CCC[C@H](C(=O)O)C2)cc1COc1ccccc1. The molecule has 0 saturated carbocycles. The maximum Gasteiger partial charge on any atom is 0.308 e. The van der Waals surface area contributed by atoms with Crippen LogP contribution >= 0.6 is 0 Å². The van der Waals surface area contributed by atoms with Crippen molar-refractivity contribution in [2.75, 3.05) is 13.1 Å². The quantitative estimate of drug-likeness (QED) is 0.902. The molecule has 1 aromatic heterocycles. The minimum Gasteiger partial charge on any atom is -0.489 e. The number of piperidine rings is 1. The van der Waals surface area contributed by atoms with E-state index in [1.807, 2.05) is 30.3 Å². The highest BCUT2D eigenvalue weighted by Crippen LogP contribution is 2.22. The van der Waals surface area contributed by atoms with Gasteiger partial charge in [0.1, 0.15) is 18.1 Å². The van der Waals surface area contributed by atoms with Crippen LogP contribution in [0.4, 0.5) is 0 Å². The first kappa shape index (κ1) is 17.1. The molecule has 6 nitrogen and oxygen atoms in total. The van der Waals surface area contributed by atoms with Gasteiger partial charge in [0.25, 0.3) is 5.91 Å². The van der Waals surface area contributed by atoms with Gasteiger partial charge in [-0.25, -0.2) is 0 Å². The number of aryl methyl sites for hydroxylation is 1. The summed E-state index contributed by atoms with van der Waals surface area (Å²) < 4.78 is 11.3. The standard InChI is InChI=1S/C19H21NO5/c1-13-15(12-24-16-7-3-2-4-8-16)10-17(25-13)18(21)20-9-5-6-14(11-20)19(22)23/h2-4,7-8,10,14H,5-6,9,11-12H2,1H3,(H,22,23)/t14-/m0/s1. The summed E-state index contributed by atoms with van der Waals surface area (Å²) in [7, 11) is 0. The van der Waals surface area contributed by atoms with E-state index in [-0.39, 0.29) is 18.2 Å². The zero-order valence-electron chi connectivity index (χ0n) is 14.1. The molecule has 25 heavy (non-hydrogen) atoms. The summed E-state index contributed by atoms with van der Waals surface area (Å²) in [6.07, 6.45) is 1.29. The Kier molecular flexibility index (Phi) is 5.07. The average molecular weight is 343 g/mol. The number of carboxylic acids is 1. The molecule has 1 saturated heterocycles. The molecular weight excluding hydrogens is 322 g/mol. The molecule has 6 heteroatoms. The highest BCUT2D eigenvalue weighted by molar-refractivity contribution is 5.92. The minimum absolute atomic E-state index is 0.226. The Balaban J connectivity index is 1.66. The molecule has 0 unspecified atom stereocenters. The highest BCUT2D eigenvalue weighted by Gasteiger charge is 2.30. The third-order valence-electron chi connectivity index (χ3n) is 4.43. The van der Waals surface area contributed by atoms with Crippen LogP contribution in [0.1, 0.15) is 34.7 Å². The summed E-state index contributed by atoms with van der Waals surface area (Å²) in [5.41, 5.74) is 0.805. The van der Waals surface area contributed by atoms with Crippen LogP contribution in [0.15, 0.2) is 40.8 Å². The second kappa shape index (κ2) is 7.42. The number of carbonyl (C=O) groups is 2. The lowest BCUT2D eigenvalue weighted by atomic mass is 9.98. The van der Waals surface area contributed by atoms with E-state index in [1.54, 1.807) is 17.9 Å². The van der Waals surface area contributed by atoms with E-state index in [0.29, 0.717) is 31.8 Å². The molecule has 0 radical (unpaired) electrons. The van der Waals surface area contributed by atoms with Gasteiger partial charge in [-0.3, -0.25) is 9.59 Å². The fraction of sp³-hybridized carbons (Fsp3) is 0.368. The van der Waals surface area contributed by atoms with Crippen LogP contribution in [0.3, 0.4) is 0 Å². The van der Waals surface area contributed by atoms with Crippen molar-refractivity contribution in [2.45, 2.75) is 26.4 Å². The molecular formula is C19H21NO5. The predicted octanol–water partition coefficient (Wildman–Crippen LogP) is 3.10. The van der Waals surface area contributed by atoms with Gasteiger partial charge < -0.3 is 19.2 Å². The highest BCUT2D eigenvalue weighted by atomic mass is 16.5. The molecule has 1 aliphatic rings. The van der Waals surface area contributed by atoms with Crippen molar-refractivity contribution < 1.29 is 23.8 Å². The lowest BCUT2D eigenvalue weighted by Gasteiger charge is -2.29. The Morgan fingerprint density at radius 3 is 2.80 bits per heavy atom. The first-order valence-electron chi connectivity index (χ1n) is 8.34. The fourth-order valence-electron chi connectivity index (χ4n) is 2.97. The van der Waals surface area contributed by atoms with Crippen LogP contribution in [0.25, 0.3) is 0 Å². The Morgan fingerprint density at radius 1 is 1.32 bits per heavy atom. The van der Waals surface area contributed by atoms with Crippen molar-refractivity contribution in [1.82, 2.24) is 4.90 Å². The molecule has 1 fully saturated rings. The second-order valence-corrected chi connectivity index (χ2v) is 6.22. The lowest BCUT2D eigenvalue weighted by molar-refractivity contribution is -0.143. The van der Waals surface area contributed by atoms with Crippen LogP contribution in [0, 0.1) is 12.8 Å². The van der Waals surface area contributed by atoms with E-state index in [1.165, 1.54) is 0 Å². The summed E-state index contributed by atoms with van der Waals surface area (Å²) >= 11 is 0. The number of furan rings is 1. The summed E-state index contributed by atoms with van der Waals surface area (Å²) in [5.74, 6) is -0.0164. The molecule has 3 rings (SSSR count). The molecule has 132 valence electrons. The molecule has 1 aromatic carbocycles. The number of para-hydroxylation sites is 1. The fourth-order valence-corrected chi connectivity index (χ4v) is 2.97. The summed E-state index contributed by atoms with van der Waals surface area (Å²) in [6.45, 7) is 2.88. The number of ether oxygens (including phenoxy) is 1. The van der Waals surface area contributed by atoms with Crippen LogP contribution in [0.2, 0.25) is 0 Å². The van der Waals surface area contributed by atoms with Gasteiger partial charge >= 0.3 is 5.97 Å². The summed E-state index contributed by atoms with van der Waals surface area (Å²) in [5, 5.41) is 9.16. The average Bonchev–Trinajstić information content (AvgIpc) is 3.01. The monoisotopic (exact) mass is 343 g/mol. The lowest BCUT2D eigenvalue weighted by Crippen LogP contribution is -2.42. The first-order valence-corrected chi connectivity index (χ1v) is 8.34. The molecule has 2 heterocycles. The van der Waals surface area contributed by atoms with Crippen LogP contribution in [0.5, 0.6) is 5.75 Å². The first-order chi connectivity index (χ1) is 12.0. The molecule has 0 bridgehead atoms. The van der Waals surface area contributed by atoms with Crippen LogP contribution in [-0.2, 0) is 11.4 Å². The van der Waals surface area contributed by atoms with Gasteiger partial charge in [0.05, 0.1) is 5.92 Å². The Bertz CT molecular complexity index is 752. The number of carboxylic acid groups (broad SMARTS) is 1. The van der Waals surface area contributed by atoms with Gasteiger partial charge in [-0.1, -0.05) is 18.2 Å². The Morgan fingerprint density at radius 2 is 2.08 bits per heavy atom. The van der Waals surface area contributed by atoms with Gasteiger partial charge in [0.2, 0.25) is 0 Å². The number of hydrogen-bond donors (Lipinski definition) is 1. The molecule has 1 N–H and O–H groups in total. The number of hydrogen-bond acceptors (Lipinski definition) is 4. The summed E-state index contributed by atoms with van der Waals surface area (Å²) in [6, 6.07) is 11.1. The molecule has 2 aromatic rings. The number of carbonyl (C=O) groups excluding carboxylic acids is 1. The molecule has 1 amide bonds. The maximum absolute atomic E-state index is 12.6. The van der Waals surface area contributed by atoms with E-state index in [9.17, 15) is 9.59 Å². The largest absolute Gasteiger partial charge is 0.489 e. The predicted molar refractivity (Wildman–Crippen MR) is 90.5 cm³/mol. The Labute approximate surface area is 146 Å². The number of amides is 1. The summed E-state index contributed by atoms with van der Waals surface area (Å²) in [4.78, 5) is 25.3. The number of aliphatic carboxylic acids is 1. The number of benzene rings is 1. The van der Waals surface area contributed by atoms with Crippen LogP contribution < -0.4 is 4.74 Å². The molecule has 0 spiro atoms. The second-order valence-electron chi connectivity index (χ2n) is 6.22. The zero-order chi connectivity index (χ0) is 17.8. The van der Waals surface area contributed by atoms with Gasteiger partial charge in [0, 0.05) is 18.7 Å². The van der Waals surface area contributed by atoms with E-state index in [4.69, 9.17) is 14.3 Å². The van der Waals surface area contributed by atoms with Crippen LogP contribution in [-0.4, -0.2) is 35.0 Å². The van der Waals surface area contributed by atoms with Crippen molar-refractivity contribution >= 4 is 11.9 Å². The van der Waals surface area contributed by atoms with Gasteiger partial charge in [0.15, 0.2) is 5.76 Å². The number of rotatable bonds is 5. The molecule has 1 aliphatic heterocycles. The zero-order valence-corrected chi connectivity index (χ0v) is 14.1. The van der Waals surface area contributed by atoms with Gasteiger partial charge in [-0.15, -0.1) is 0 Å². The Hall–Kier alpha value is -2.76. The smallest absolute Gasteiger partial charge is 0.308 e. The van der Waals surface area contributed by atoms with Crippen molar-refractivity contribution in [1.29, 1.82) is 0 Å². The normalized spacial score (nSPS) is 17.3. The van der Waals surface area contributed by atoms with E-state index < -0.39 is 11.9 Å². The van der Waals surface area contributed by atoms with Gasteiger partial charge in [-0.2, -0.15) is 0 Å². The minimum atomic E-state index is -0.856. The van der Waals surface area contributed by atoms with Crippen molar-refractivity contribution in [3.05, 3.63) is 53.5 Å². The number of likely N-dealkylation sites (tertiary alicyclic amines) is 1. The van der Waals surface area contributed by atoms with E-state index in [0.717, 1.165) is 11.3 Å². The van der Waals surface area contributed by atoms with Crippen molar-refractivity contribution in [2.24, 2.45) is 5.92 Å². The van der Waals surface area contributed by atoms with Crippen molar-refractivity contribution in [3.8, 4) is 5.75 Å². The third kappa shape index (κ3) is 4.02. The topological polar surface area (TPSA) is 80.0 Å². The van der Waals surface area contributed by atoms with E-state index >= 15 is 0 Å². The molecule has 0 aliphatic carbocycles. The number of nitrogens with zero attached hydrogens (tertiary/aromatic N) is 1. The maximum atomic E-state index is 12.6. The third-order valence-corrected chi connectivity index (χ3v) is 4.43. The van der Waals surface area contributed by atoms with Gasteiger partial charge in [-0.05, 0) is 38.0 Å². The van der Waals surface area contributed by atoms with E-state index in [2.05, 4.69) is 0 Å². The van der Waals surface area contributed by atoms with Crippen molar-refractivity contribution in [3.63, 3.8) is 0 Å².